The van der Waals surface area contributed by atoms with E-state index in [1.54, 1.807) is 12.1 Å². The van der Waals surface area contributed by atoms with Gasteiger partial charge in [-0.05, 0) is 46.5 Å². The molecular weight excluding hydrogens is 332 g/mol. The predicted octanol–water partition coefficient (Wildman–Crippen LogP) is 1.42. The van der Waals surface area contributed by atoms with Crippen molar-refractivity contribution in [3.63, 3.8) is 0 Å². The van der Waals surface area contributed by atoms with Gasteiger partial charge in [-0.1, -0.05) is 6.92 Å². The van der Waals surface area contributed by atoms with Crippen molar-refractivity contribution in [1.29, 1.82) is 0 Å². The third kappa shape index (κ3) is 2.65. The van der Waals surface area contributed by atoms with Gasteiger partial charge < -0.3 is 10.8 Å². The molecule has 0 radical (unpaired) electrons. The molecule has 1 aromatic rings. The highest BCUT2D eigenvalue weighted by atomic mass is 79.9. The smallest absolute Gasteiger partial charge is 0.244 e. The fraction of sp³-hybridized carbons (Fsp3) is 0.500. The van der Waals surface area contributed by atoms with E-state index in [4.69, 9.17) is 5.73 Å². The van der Waals surface area contributed by atoms with Crippen LogP contribution < -0.4 is 5.73 Å². The molecule has 0 bridgehead atoms. The van der Waals surface area contributed by atoms with Crippen LogP contribution in [-0.4, -0.2) is 37.0 Å². The van der Waals surface area contributed by atoms with Crippen molar-refractivity contribution in [3.05, 3.63) is 22.7 Å². The largest absolute Gasteiger partial charge is 0.399 e. The van der Waals surface area contributed by atoms with Crippen molar-refractivity contribution >= 4 is 31.6 Å². The highest BCUT2D eigenvalue weighted by Crippen LogP contribution is 2.33. The molecule has 1 aliphatic rings. The summed E-state index contributed by atoms with van der Waals surface area (Å²) in [6.07, 6.45) is 0.754. The number of halogens is 1. The summed E-state index contributed by atoms with van der Waals surface area (Å²) in [5, 5.41) is 9.40. The first-order valence-electron chi connectivity index (χ1n) is 6.05. The van der Waals surface area contributed by atoms with Crippen LogP contribution in [0.25, 0.3) is 0 Å². The lowest BCUT2D eigenvalue weighted by atomic mass is 10.0. The van der Waals surface area contributed by atoms with Gasteiger partial charge in [0.2, 0.25) is 10.0 Å². The van der Waals surface area contributed by atoms with Gasteiger partial charge in [-0.3, -0.25) is 0 Å². The van der Waals surface area contributed by atoms with Crippen molar-refractivity contribution in [2.75, 3.05) is 18.9 Å². The van der Waals surface area contributed by atoms with Crippen molar-refractivity contribution in [2.24, 2.45) is 5.92 Å². The average molecular weight is 349 g/mol. The van der Waals surface area contributed by atoms with E-state index in [9.17, 15) is 13.5 Å². The minimum Gasteiger partial charge on any atom is -0.399 e. The Kier molecular flexibility index (Phi) is 4.20. The number of aliphatic hydroxyl groups excluding tert-OH is 1. The zero-order valence-electron chi connectivity index (χ0n) is 10.6. The third-order valence-electron chi connectivity index (χ3n) is 3.56. The molecule has 0 saturated carbocycles. The number of hydrogen-bond donors (Lipinski definition) is 2. The predicted molar refractivity (Wildman–Crippen MR) is 77.1 cm³/mol. The van der Waals surface area contributed by atoms with Crippen LogP contribution in [0.3, 0.4) is 0 Å². The minimum atomic E-state index is -3.64. The van der Waals surface area contributed by atoms with Gasteiger partial charge in [0.05, 0.1) is 17.5 Å². The van der Waals surface area contributed by atoms with E-state index in [1.165, 1.54) is 10.4 Å². The fourth-order valence-electron chi connectivity index (χ4n) is 2.39. The fourth-order valence-corrected chi connectivity index (χ4v) is 5.08. The summed E-state index contributed by atoms with van der Waals surface area (Å²) >= 11 is 3.25. The lowest BCUT2D eigenvalue weighted by Gasteiger charge is -2.25. The average Bonchev–Trinajstić information content (AvgIpc) is 2.74. The molecule has 1 heterocycles. The van der Waals surface area contributed by atoms with E-state index in [-0.39, 0.29) is 23.5 Å². The number of sulfonamides is 1. The molecule has 2 rings (SSSR count). The molecule has 2 atom stereocenters. The van der Waals surface area contributed by atoms with Crippen LogP contribution in [-0.2, 0) is 10.0 Å². The second-order valence-electron chi connectivity index (χ2n) is 4.82. The Balaban J connectivity index is 2.45. The minimum absolute atomic E-state index is 0.152. The summed E-state index contributed by atoms with van der Waals surface area (Å²) in [4.78, 5) is 0.153. The van der Waals surface area contributed by atoms with Gasteiger partial charge in [-0.15, -0.1) is 0 Å². The van der Waals surface area contributed by atoms with Crippen LogP contribution in [0.2, 0.25) is 0 Å². The molecule has 19 heavy (non-hydrogen) atoms. The summed E-state index contributed by atoms with van der Waals surface area (Å²) < 4.78 is 27.2. The van der Waals surface area contributed by atoms with Gasteiger partial charge in [0, 0.05) is 16.7 Å². The summed E-state index contributed by atoms with van der Waals surface area (Å²) in [7, 11) is -3.64. The van der Waals surface area contributed by atoms with Gasteiger partial charge in [0.25, 0.3) is 0 Å². The van der Waals surface area contributed by atoms with Crippen molar-refractivity contribution in [1.82, 2.24) is 4.31 Å². The van der Waals surface area contributed by atoms with E-state index in [1.807, 2.05) is 6.92 Å². The van der Waals surface area contributed by atoms with E-state index < -0.39 is 10.0 Å². The highest BCUT2D eigenvalue weighted by Gasteiger charge is 2.39. The van der Waals surface area contributed by atoms with E-state index in [0.29, 0.717) is 16.7 Å². The molecule has 2 unspecified atom stereocenters. The van der Waals surface area contributed by atoms with Gasteiger partial charge >= 0.3 is 0 Å². The number of nitrogen functional groups attached to an aromatic ring is 1. The number of rotatable bonds is 3. The van der Waals surface area contributed by atoms with Crippen LogP contribution in [0.5, 0.6) is 0 Å². The van der Waals surface area contributed by atoms with Gasteiger partial charge in [-0.25, -0.2) is 8.42 Å². The first kappa shape index (κ1) is 14.8. The Hall–Kier alpha value is -0.630. The topological polar surface area (TPSA) is 83.6 Å². The van der Waals surface area contributed by atoms with E-state index >= 15 is 0 Å². The SMILES string of the molecule is CC1CCN(S(=O)(=O)c2cc(N)ccc2Br)C1CO. The molecule has 1 fully saturated rings. The molecule has 7 heteroatoms. The molecule has 0 spiro atoms. The maximum atomic E-state index is 12.7. The summed E-state index contributed by atoms with van der Waals surface area (Å²) in [6.45, 7) is 2.21. The molecule has 106 valence electrons. The van der Waals surface area contributed by atoms with Gasteiger partial charge in [0.1, 0.15) is 0 Å². The normalized spacial score (nSPS) is 24.8. The van der Waals surface area contributed by atoms with Gasteiger partial charge in [0.15, 0.2) is 0 Å². The third-order valence-corrected chi connectivity index (χ3v) is 6.48. The Morgan fingerprint density at radius 3 is 2.84 bits per heavy atom. The summed E-state index contributed by atoms with van der Waals surface area (Å²) in [5.41, 5.74) is 6.06. The summed E-state index contributed by atoms with van der Waals surface area (Å²) in [6, 6.07) is 4.34. The lowest BCUT2D eigenvalue weighted by Crippen LogP contribution is -2.39. The second-order valence-corrected chi connectivity index (χ2v) is 7.53. The highest BCUT2D eigenvalue weighted by molar-refractivity contribution is 9.10. The van der Waals surface area contributed by atoms with Crippen LogP contribution in [0, 0.1) is 5.92 Å². The van der Waals surface area contributed by atoms with Crippen molar-refractivity contribution in [3.8, 4) is 0 Å². The van der Waals surface area contributed by atoms with Crippen molar-refractivity contribution in [2.45, 2.75) is 24.3 Å². The van der Waals surface area contributed by atoms with Crippen LogP contribution in [0.15, 0.2) is 27.6 Å². The number of hydrogen-bond acceptors (Lipinski definition) is 4. The van der Waals surface area contributed by atoms with Crippen LogP contribution in [0.1, 0.15) is 13.3 Å². The molecule has 1 aromatic carbocycles. The first-order valence-corrected chi connectivity index (χ1v) is 8.29. The number of nitrogens with two attached hydrogens (primary N) is 1. The quantitative estimate of drug-likeness (QED) is 0.809. The Bertz CT molecular complexity index is 576. The van der Waals surface area contributed by atoms with Crippen LogP contribution >= 0.6 is 15.9 Å². The van der Waals surface area contributed by atoms with Crippen LogP contribution in [0.4, 0.5) is 5.69 Å². The molecule has 0 amide bonds. The number of anilines is 1. The lowest BCUT2D eigenvalue weighted by molar-refractivity contribution is 0.191. The van der Waals surface area contributed by atoms with Crippen molar-refractivity contribution < 1.29 is 13.5 Å². The maximum Gasteiger partial charge on any atom is 0.244 e. The Labute approximate surface area is 121 Å². The number of nitrogens with zero attached hydrogens (tertiary/aromatic N) is 1. The zero-order chi connectivity index (χ0) is 14.2. The standard InChI is InChI=1S/C12H17BrN2O3S/c1-8-4-5-15(11(8)7-16)19(17,18)12-6-9(14)2-3-10(12)13/h2-3,6,8,11,16H,4-5,7,14H2,1H3. The van der Waals surface area contributed by atoms with E-state index in [0.717, 1.165) is 6.42 Å². The summed E-state index contributed by atoms with van der Waals surface area (Å²) in [5.74, 6) is 0.152. The van der Waals surface area contributed by atoms with E-state index in [2.05, 4.69) is 15.9 Å². The molecule has 5 nitrogen and oxygen atoms in total. The Morgan fingerprint density at radius 1 is 1.53 bits per heavy atom. The molecule has 0 aromatic heterocycles. The second kappa shape index (κ2) is 5.40. The zero-order valence-corrected chi connectivity index (χ0v) is 13.0. The number of benzene rings is 1. The van der Waals surface area contributed by atoms with Gasteiger partial charge in [-0.2, -0.15) is 4.31 Å². The maximum absolute atomic E-state index is 12.7. The molecular formula is C12H17BrN2O3S. The monoisotopic (exact) mass is 348 g/mol. The molecule has 1 saturated heterocycles. The first-order chi connectivity index (χ1) is 8.87. The Morgan fingerprint density at radius 2 is 2.21 bits per heavy atom. The number of aliphatic hydroxyl groups is 1. The molecule has 3 N–H and O–H groups in total. The molecule has 1 aliphatic heterocycles. The molecule has 0 aliphatic carbocycles.